The van der Waals surface area contributed by atoms with Gasteiger partial charge in [-0.05, 0) is 47.9 Å². The number of carbonyl (C=O) groups excluding carboxylic acids is 2. The van der Waals surface area contributed by atoms with Gasteiger partial charge in [0.05, 0.1) is 7.11 Å². The molecule has 0 unspecified atom stereocenters. The molecule has 6 nitrogen and oxygen atoms in total. The lowest BCUT2D eigenvalue weighted by Crippen LogP contribution is -2.28. The molecule has 2 aromatic rings. The van der Waals surface area contributed by atoms with Gasteiger partial charge in [-0.15, -0.1) is 0 Å². The van der Waals surface area contributed by atoms with Crippen LogP contribution in [0.4, 0.5) is 16.2 Å². The fraction of sp³-hybridized carbons (Fsp3) is 0.222. The third-order valence-electron chi connectivity index (χ3n) is 3.87. The number of hydrogen-bond donors (Lipinski definition) is 3. The van der Waals surface area contributed by atoms with Crippen molar-refractivity contribution in [3.63, 3.8) is 0 Å². The first kappa shape index (κ1) is 15.9. The topological polar surface area (TPSA) is 79.5 Å². The molecule has 0 aliphatic carbocycles. The van der Waals surface area contributed by atoms with Crippen LogP contribution >= 0.6 is 0 Å². The van der Waals surface area contributed by atoms with Crippen molar-refractivity contribution in [3.05, 3.63) is 53.6 Å². The number of hydrogen-bond acceptors (Lipinski definition) is 3. The van der Waals surface area contributed by atoms with E-state index in [0.717, 1.165) is 22.6 Å². The molecule has 3 rings (SSSR count). The summed E-state index contributed by atoms with van der Waals surface area (Å²) < 4.78 is 5.10. The van der Waals surface area contributed by atoms with Crippen molar-refractivity contribution in [3.8, 4) is 5.75 Å². The van der Waals surface area contributed by atoms with Crippen LogP contribution in [0.5, 0.6) is 5.75 Å². The maximum atomic E-state index is 12.0. The van der Waals surface area contributed by atoms with Gasteiger partial charge in [0.25, 0.3) is 0 Å². The Bertz CT molecular complexity index is 757. The fourth-order valence-electron chi connectivity index (χ4n) is 2.56. The summed E-state index contributed by atoms with van der Waals surface area (Å²) in [5, 5.41) is 8.44. The number of amides is 3. The van der Waals surface area contributed by atoms with Crippen LogP contribution in [0.3, 0.4) is 0 Å². The quantitative estimate of drug-likeness (QED) is 0.808. The molecular formula is C18H19N3O3. The van der Waals surface area contributed by atoms with E-state index in [1.807, 2.05) is 36.4 Å². The first-order chi connectivity index (χ1) is 11.6. The first-order valence-corrected chi connectivity index (χ1v) is 7.74. The summed E-state index contributed by atoms with van der Waals surface area (Å²) in [6.07, 6.45) is 1.16. The molecule has 0 atom stereocenters. The predicted molar refractivity (Wildman–Crippen MR) is 92.2 cm³/mol. The SMILES string of the molecule is COc1ccc(CNC(=O)Nc2ccc3c(c2)CCC(=O)N3)cc1. The number of benzene rings is 2. The van der Waals surface area contributed by atoms with E-state index in [0.29, 0.717) is 25.1 Å². The Morgan fingerprint density at radius 2 is 1.96 bits per heavy atom. The molecule has 0 spiro atoms. The Kier molecular flexibility index (Phi) is 4.65. The van der Waals surface area contributed by atoms with Crippen LogP contribution in [0.2, 0.25) is 0 Å². The summed E-state index contributed by atoms with van der Waals surface area (Å²) in [5.41, 5.74) is 3.54. The molecule has 3 N–H and O–H groups in total. The van der Waals surface area contributed by atoms with Crippen LogP contribution in [0, 0.1) is 0 Å². The average Bonchev–Trinajstić information content (AvgIpc) is 2.60. The smallest absolute Gasteiger partial charge is 0.319 e. The van der Waals surface area contributed by atoms with Gasteiger partial charge in [-0.3, -0.25) is 4.79 Å². The molecule has 124 valence electrons. The van der Waals surface area contributed by atoms with Gasteiger partial charge < -0.3 is 20.7 Å². The van der Waals surface area contributed by atoms with Crippen molar-refractivity contribution in [1.29, 1.82) is 0 Å². The van der Waals surface area contributed by atoms with Gasteiger partial charge in [-0.25, -0.2) is 4.79 Å². The molecule has 0 saturated heterocycles. The summed E-state index contributed by atoms with van der Waals surface area (Å²) in [6.45, 7) is 0.427. The maximum Gasteiger partial charge on any atom is 0.319 e. The van der Waals surface area contributed by atoms with Crippen LogP contribution in [-0.4, -0.2) is 19.0 Å². The maximum absolute atomic E-state index is 12.0. The highest BCUT2D eigenvalue weighted by molar-refractivity contribution is 5.95. The van der Waals surface area contributed by atoms with Gasteiger partial charge in [0.2, 0.25) is 5.91 Å². The van der Waals surface area contributed by atoms with Gasteiger partial charge in [0.15, 0.2) is 0 Å². The second kappa shape index (κ2) is 7.04. The molecule has 6 heteroatoms. The second-order valence-corrected chi connectivity index (χ2v) is 5.58. The number of aryl methyl sites for hydroxylation is 1. The summed E-state index contributed by atoms with van der Waals surface area (Å²) in [4.78, 5) is 23.4. The number of rotatable bonds is 4. The van der Waals surface area contributed by atoms with Crippen molar-refractivity contribution in [1.82, 2.24) is 5.32 Å². The Hall–Kier alpha value is -3.02. The highest BCUT2D eigenvalue weighted by Gasteiger charge is 2.15. The number of methoxy groups -OCH3 is 1. The van der Waals surface area contributed by atoms with E-state index in [2.05, 4.69) is 16.0 Å². The standard InChI is InChI=1S/C18H19N3O3/c1-24-15-6-2-12(3-7-15)11-19-18(23)20-14-5-8-16-13(10-14)4-9-17(22)21-16/h2-3,5-8,10H,4,9,11H2,1H3,(H,21,22)(H2,19,20,23). The lowest BCUT2D eigenvalue weighted by Gasteiger charge is -2.17. The van der Waals surface area contributed by atoms with Crippen molar-refractivity contribution < 1.29 is 14.3 Å². The van der Waals surface area contributed by atoms with Crippen LogP contribution in [-0.2, 0) is 17.8 Å². The molecule has 0 aromatic heterocycles. The largest absolute Gasteiger partial charge is 0.497 e. The molecule has 24 heavy (non-hydrogen) atoms. The van der Waals surface area contributed by atoms with Gasteiger partial charge in [0.1, 0.15) is 5.75 Å². The van der Waals surface area contributed by atoms with E-state index >= 15 is 0 Å². The summed E-state index contributed by atoms with van der Waals surface area (Å²) in [6, 6.07) is 12.7. The lowest BCUT2D eigenvalue weighted by molar-refractivity contribution is -0.116. The minimum Gasteiger partial charge on any atom is -0.497 e. The van der Waals surface area contributed by atoms with Crippen molar-refractivity contribution in [2.75, 3.05) is 17.7 Å². The number of anilines is 2. The summed E-state index contributed by atoms with van der Waals surface area (Å²) >= 11 is 0. The monoisotopic (exact) mass is 325 g/mol. The Morgan fingerprint density at radius 1 is 1.17 bits per heavy atom. The molecule has 1 heterocycles. The van der Waals surface area contributed by atoms with Gasteiger partial charge >= 0.3 is 6.03 Å². The van der Waals surface area contributed by atoms with E-state index in [4.69, 9.17) is 4.74 Å². The first-order valence-electron chi connectivity index (χ1n) is 7.74. The zero-order valence-electron chi connectivity index (χ0n) is 13.4. The molecule has 2 aromatic carbocycles. The Balaban J connectivity index is 1.55. The third kappa shape index (κ3) is 3.84. The lowest BCUT2D eigenvalue weighted by atomic mass is 10.0. The van der Waals surface area contributed by atoms with E-state index in [1.54, 1.807) is 13.2 Å². The molecule has 0 fully saturated rings. The number of nitrogens with one attached hydrogen (secondary N) is 3. The number of carbonyl (C=O) groups is 2. The summed E-state index contributed by atoms with van der Waals surface area (Å²) in [5.74, 6) is 0.810. The van der Waals surface area contributed by atoms with Crippen molar-refractivity contribution >= 4 is 23.3 Å². The van der Waals surface area contributed by atoms with E-state index < -0.39 is 0 Å². The molecule has 3 amide bonds. The average molecular weight is 325 g/mol. The number of fused-ring (bicyclic) bond motifs is 1. The Labute approximate surface area is 140 Å². The predicted octanol–water partition coefficient (Wildman–Crippen LogP) is 2.90. The molecule has 1 aliphatic heterocycles. The molecule has 0 saturated carbocycles. The van der Waals surface area contributed by atoms with Gasteiger partial charge in [-0.1, -0.05) is 12.1 Å². The van der Waals surface area contributed by atoms with E-state index in [9.17, 15) is 9.59 Å². The fourth-order valence-corrected chi connectivity index (χ4v) is 2.56. The van der Waals surface area contributed by atoms with Crippen molar-refractivity contribution in [2.24, 2.45) is 0 Å². The van der Waals surface area contributed by atoms with Gasteiger partial charge in [-0.2, -0.15) is 0 Å². The number of urea groups is 1. The molecule has 0 radical (unpaired) electrons. The van der Waals surface area contributed by atoms with Gasteiger partial charge in [0, 0.05) is 24.3 Å². The van der Waals surface area contributed by atoms with Crippen LogP contribution in [0.1, 0.15) is 17.5 Å². The van der Waals surface area contributed by atoms with Crippen LogP contribution in [0.25, 0.3) is 0 Å². The summed E-state index contributed by atoms with van der Waals surface area (Å²) in [7, 11) is 1.62. The normalized spacial score (nSPS) is 12.8. The minimum atomic E-state index is -0.273. The molecular weight excluding hydrogens is 306 g/mol. The highest BCUT2D eigenvalue weighted by atomic mass is 16.5. The third-order valence-corrected chi connectivity index (χ3v) is 3.87. The highest BCUT2D eigenvalue weighted by Crippen LogP contribution is 2.25. The molecule has 0 bridgehead atoms. The minimum absolute atomic E-state index is 0.0282. The zero-order valence-corrected chi connectivity index (χ0v) is 13.4. The van der Waals surface area contributed by atoms with Crippen molar-refractivity contribution in [2.45, 2.75) is 19.4 Å². The Morgan fingerprint density at radius 3 is 2.71 bits per heavy atom. The van der Waals surface area contributed by atoms with E-state index in [1.165, 1.54) is 0 Å². The van der Waals surface area contributed by atoms with Crippen LogP contribution < -0.4 is 20.7 Å². The number of ether oxygens (including phenoxy) is 1. The van der Waals surface area contributed by atoms with E-state index in [-0.39, 0.29) is 11.9 Å². The second-order valence-electron chi connectivity index (χ2n) is 5.58. The molecule has 1 aliphatic rings. The van der Waals surface area contributed by atoms with Crippen LogP contribution in [0.15, 0.2) is 42.5 Å². The zero-order chi connectivity index (χ0) is 16.9.